The normalized spacial score (nSPS) is 13.5. The third-order valence-electron chi connectivity index (χ3n) is 2.46. The Morgan fingerprint density at radius 3 is 3.00 bits per heavy atom. The summed E-state index contributed by atoms with van der Waals surface area (Å²) in [5.74, 6) is 1.65. The zero-order chi connectivity index (χ0) is 11.5. The van der Waals surface area contributed by atoms with E-state index in [-0.39, 0.29) is 5.78 Å². The summed E-state index contributed by atoms with van der Waals surface area (Å²) in [6, 6.07) is 5.63. The standard InChI is InChI=1S/C13H14O3/c1-3-15-12-4-5-13-10(7-12)6-11(8-16-13)9(2)14/h4-7H,3,8H2,1-2H3. The molecule has 0 amide bonds. The molecular formula is C13H14O3. The fraction of sp³-hybridized carbons (Fsp3) is 0.308. The molecule has 0 N–H and O–H groups in total. The summed E-state index contributed by atoms with van der Waals surface area (Å²) >= 11 is 0. The highest BCUT2D eigenvalue weighted by Gasteiger charge is 2.14. The van der Waals surface area contributed by atoms with Crippen LogP contribution in [0.1, 0.15) is 19.4 Å². The monoisotopic (exact) mass is 218 g/mol. The summed E-state index contributed by atoms with van der Waals surface area (Å²) in [4.78, 5) is 11.2. The van der Waals surface area contributed by atoms with Crippen molar-refractivity contribution in [2.75, 3.05) is 13.2 Å². The Balaban J connectivity index is 2.35. The number of ketones is 1. The molecule has 1 aromatic carbocycles. The van der Waals surface area contributed by atoms with E-state index in [1.165, 1.54) is 0 Å². The van der Waals surface area contributed by atoms with Crippen molar-refractivity contribution in [1.82, 2.24) is 0 Å². The van der Waals surface area contributed by atoms with Gasteiger partial charge in [-0.25, -0.2) is 0 Å². The molecule has 0 saturated heterocycles. The number of carbonyl (C=O) groups excluding carboxylic acids is 1. The number of rotatable bonds is 3. The molecule has 16 heavy (non-hydrogen) atoms. The molecule has 1 heterocycles. The van der Waals surface area contributed by atoms with E-state index in [9.17, 15) is 4.79 Å². The van der Waals surface area contributed by atoms with Gasteiger partial charge in [-0.2, -0.15) is 0 Å². The van der Waals surface area contributed by atoms with Crippen molar-refractivity contribution < 1.29 is 14.3 Å². The third kappa shape index (κ3) is 2.08. The van der Waals surface area contributed by atoms with E-state index in [0.717, 1.165) is 17.1 Å². The first-order valence-corrected chi connectivity index (χ1v) is 5.32. The van der Waals surface area contributed by atoms with Gasteiger partial charge in [0, 0.05) is 11.1 Å². The zero-order valence-electron chi connectivity index (χ0n) is 9.45. The van der Waals surface area contributed by atoms with E-state index in [1.807, 2.05) is 31.2 Å². The van der Waals surface area contributed by atoms with Crippen LogP contribution < -0.4 is 9.47 Å². The topological polar surface area (TPSA) is 35.5 Å². The van der Waals surface area contributed by atoms with Crippen LogP contribution in [0.4, 0.5) is 0 Å². The lowest BCUT2D eigenvalue weighted by Crippen LogP contribution is -2.12. The van der Waals surface area contributed by atoms with Crippen LogP contribution in [0.15, 0.2) is 23.8 Å². The maximum Gasteiger partial charge on any atom is 0.159 e. The number of Topliss-reactive ketones (excluding diaryl/α,β-unsaturated/α-hetero) is 1. The molecule has 1 aliphatic rings. The second-order valence-corrected chi connectivity index (χ2v) is 3.65. The number of hydrogen-bond donors (Lipinski definition) is 0. The Morgan fingerprint density at radius 1 is 1.50 bits per heavy atom. The van der Waals surface area contributed by atoms with Gasteiger partial charge in [-0.1, -0.05) is 0 Å². The van der Waals surface area contributed by atoms with Gasteiger partial charge in [-0.3, -0.25) is 4.79 Å². The summed E-state index contributed by atoms with van der Waals surface area (Å²) in [6.07, 6.45) is 1.86. The fourth-order valence-electron chi connectivity index (χ4n) is 1.62. The maximum atomic E-state index is 11.2. The van der Waals surface area contributed by atoms with Gasteiger partial charge in [-0.05, 0) is 38.1 Å². The molecule has 0 saturated carbocycles. The van der Waals surface area contributed by atoms with E-state index >= 15 is 0 Å². The fourth-order valence-corrected chi connectivity index (χ4v) is 1.62. The molecule has 0 spiro atoms. The molecule has 1 aromatic rings. The number of carbonyl (C=O) groups is 1. The minimum Gasteiger partial charge on any atom is -0.494 e. The van der Waals surface area contributed by atoms with E-state index in [2.05, 4.69) is 0 Å². The average Bonchev–Trinajstić information content (AvgIpc) is 2.28. The Morgan fingerprint density at radius 2 is 2.31 bits per heavy atom. The highest BCUT2D eigenvalue weighted by molar-refractivity contribution is 5.99. The lowest BCUT2D eigenvalue weighted by molar-refractivity contribution is -0.113. The highest BCUT2D eigenvalue weighted by Crippen LogP contribution is 2.30. The molecule has 0 aromatic heterocycles. The van der Waals surface area contributed by atoms with Crippen LogP contribution in [0.25, 0.3) is 6.08 Å². The lowest BCUT2D eigenvalue weighted by Gasteiger charge is -2.17. The summed E-state index contributed by atoms with van der Waals surface area (Å²) < 4.78 is 10.9. The van der Waals surface area contributed by atoms with E-state index in [0.29, 0.717) is 18.8 Å². The molecule has 0 atom stereocenters. The molecule has 0 bridgehead atoms. The molecule has 84 valence electrons. The summed E-state index contributed by atoms with van der Waals surface area (Å²) in [5, 5.41) is 0. The maximum absolute atomic E-state index is 11.2. The SMILES string of the molecule is CCOc1ccc2c(c1)C=C(C(C)=O)CO2. The second-order valence-electron chi connectivity index (χ2n) is 3.65. The second kappa shape index (κ2) is 4.39. The molecule has 0 unspecified atom stereocenters. The van der Waals surface area contributed by atoms with Crippen molar-refractivity contribution in [2.24, 2.45) is 0 Å². The first-order chi connectivity index (χ1) is 7.70. The van der Waals surface area contributed by atoms with E-state index in [1.54, 1.807) is 6.92 Å². The smallest absolute Gasteiger partial charge is 0.159 e. The molecule has 3 nitrogen and oxygen atoms in total. The van der Waals surface area contributed by atoms with Crippen molar-refractivity contribution in [3.8, 4) is 11.5 Å². The van der Waals surface area contributed by atoms with Crippen LogP contribution in [-0.2, 0) is 4.79 Å². The van der Waals surface area contributed by atoms with Crippen LogP contribution in [0.2, 0.25) is 0 Å². The number of hydrogen-bond acceptors (Lipinski definition) is 3. The quantitative estimate of drug-likeness (QED) is 0.781. The summed E-state index contributed by atoms with van der Waals surface area (Å²) in [6.45, 7) is 4.47. The minimum atomic E-state index is 0.0486. The molecule has 0 aliphatic carbocycles. The summed E-state index contributed by atoms with van der Waals surface area (Å²) in [5.41, 5.74) is 1.60. The van der Waals surface area contributed by atoms with Crippen molar-refractivity contribution in [2.45, 2.75) is 13.8 Å². The first kappa shape index (κ1) is 10.7. The van der Waals surface area contributed by atoms with Gasteiger partial charge in [0.15, 0.2) is 5.78 Å². The molecule has 1 aliphatic heterocycles. The van der Waals surface area contributed by atoms with Gasteiger partial charge in [0.25, 0.3) is 0 Å². The van der Waals surface area contributed by atoms with Crippen LogP contribution in [0, 0.1) is 0 Å². The molecule has 3 heteroatoms. The largest absolute Gasteiger partial charge is 0.494 e. The van der Waals surface area contributed by atoms with Crippen molar-refractivity contribution in [3.63, 3.8) is 0 Å². The van der Waals surface area contributed by atoms with Crippen LogP contribution in [-0.4, -0.2) is 19.0 Å². The molecule has 0 radical (unpaired) electrons. The average molecular weight is 218 g/mol. The van der Waals surface area contributed by atoms with Crippen molar-refractivity contribution in [3.05, 3.63) is 29.3 Å². The Labute approximate surface area is 94.7 Å². The predicted octanol–water partition coefficient (Wildman–Crippen LogP) is 2.45. The van der Waals surface area contributed by atoms with Gasteiger partial charge in [0.2, 0.25) is 0 Å². The van der Waals surface area contributed by atoms with E-state index < -0.39 is 0 Å². The molecular weight excluding hydrogens is 204 g/mol. The molecule has 2 rings (SSSR count). The van der Waals surface area contributed by atoms with Crippen molar-refractivity contribution in [1.29, 1.82) is 0 Å². The van der Waals surface area contributed by atoms with E-state index in [4.69, 9.17) is 9.47 Å². The van der Waals surface area contributed by atoms with Crippen LogP contribution in [0.3, 0.4) is 0 Å². The van der Waals surface area contributed by atoms with Gasteiger partial charge in [0.05, 0.1) is 6.61 Å². The lowest BCUT2D eigenvalue weighted by atomic mass is 10.1. The van der Waals surface area contributed by atoms with Gasteiger partial charge < -0.3 is 9.47 Å². The first-order valence-electron chi connectivity index (χ1n) is 5.32. The van der Waals surface area contributed by atoms with Crippen LogP contribution >= 0.6 is 0 Å². The zero-order valence-corrected chi connectivity index (χ0v) is 9.45. The summed E-state index contributed by atoms with van der Waals surface area (Å²) in [7, 11) is 0. The number of fused-ring (bicyclic) bond motifs is 1. The van der Waals surface area contributed by atoms with Gasteiger partial charge in [0.1, 0.15) is 18.1 Å². The Hall–Kier alpha value is -1.77. The number of ether oxygens (including phenoxy) is 2. The number of benzene rings is 1. The molecule has 0 fully saturated rings. The van der Waals surface area contributed by atoms with Gasteiger partial charge in [-0.15, -0.1) is 0 Å². The highest BCUT2D eigenvalue weighted by atomic mass is 16.5. The van der Waals surface area contributed by atoms with Crippen LogP contribution in [0.5, 0.6) is 11.5 Å². The minimum absolute atomic E-state index is 0.0486. The van der Waals surface area contributed by atoms with Crippen molar-refractivity contribution >= 4 is 11.9 Å². The Kier molecular flexibility index (Phi) is 2.95. The van der Waals surface area contributed by atoms with Gasteiger partial charge >= 0.3 is 0 Å². The predicted molar refractivity (Wildman–Crippen MR) is 61.8 cm³/mol. The third-order valence-corrected chi connectivity index (χ3v) is 2.46. The Bertz CT molecular complexity index is 446.